The van der Waals surface area contributed by atoms with E-state index in [-0.39, 0.29) is 24.4 Å². The summed E-state index contributed by atoms with van der Waals surface area (Å²) in [7, 11) is 3.39. The number of hydrogen-bond acceptors (Lipinski definition) is 4. The second-order valence-electron chi connectivity index (χ2n) is 11.5. The summed E-state index contributed by atoms with van der Waals surface area (Å²) in [5.74, 6) is -1.07. The highest BCUT2D eigenvalue weighted by atomic mass is 35.5. The third-order valence-corrected chi connectivity index (χ3v) is 9.05. The average Bonchev–Trinajstić information content (AvgIpc) is 2.86. The minimum Gasteiger partial charge on any atom is -0.369 e. The lowest BCUT2D eigenvalue weighted by Crippen LogP contribution is -2.71. The Balaban J connectivity index is 1.14. The Morgan fingerprint density at radius 2 is 1.64 bits per heavy atom. The van der Waals surface area contributed by atoms with Crippen LogP contribution in [0.5, 0.6) is 0 Å². The predicted octanol–water partition coefficient (Wildman–Crippen LogP) is 4.66. The zero-order chi connectivity index (χ0) is 28.2. The number of benzene rings is 2. The molecule has 0 radical (unpaired) electrons. The van der Waals surface area contributed by atoms with E-state index in [2.05, 4.69) is 4.90 Å². The first-order chi connectivity index (χ1) is 18.3. The van der Waals surface area contributed by atoms with Gasteiger partial charge in [0.05, 0.1) is 10.6 Å². The summed E-state index contributed by atoms with van der Waals surface area (Å²) in [5, 5.41) is 11.1. The molecule has 2 aliphatic heterocycles. The van der Waals surface area contributed by atoms with Gasteiger partial charge in [0.25, 0.3) is 17.4 Å². The Kier molecular flexibility index (Phi) is 7.23. The zero-order valence-corrected chi connectivity index (χ0v) is 22.8. The molecule has 1 N–H and O–H groups in total. The maximum atomic E-state index is 13.9. The number of hydrogen-bond donors (Lipinski definition) is 1. The van der Waals surface area contributed by atoms with E-state index >= 15 is 0 Å². The van der Waals surface area contributed by atoms with Gasteiger partial charge in [-0.15, -0.1) is 0 Å². The molecular formula is C29H33ClF3N3O3. The van der Waals surface area contributed by atoms with Gasteiger partial charge in [-0.2, -0.15) is 13.2 Å². The molecule has 2 amide bonds. The Morgan fingerprint density at radius 1 is 1.03 bits per heavy atom. The average molecular weight is 564 g/mol. The van der Waals surface area contributed by atoms with Crippen molar-refractivity contribution in [1.82, 2.24) is 14.7 Å². The molecular weight excluding hydrogens is 531 g/mol. The number of carbonyl (C=O) groups is 2. The van der Waals surface area contributed by atoms with E-state index < -0.39 is 23.2 Å². The lowest BCUT2D eigenvalue weighted by molar-refractivity contribution is -0.267. The van der Waals surface area contributed by atoms with E-state index in [1.165, 1.54) is 17.0 Å². The van der Waals surface area contributed by atoms with Crippen molar-refractivity contribution in [1.29, 1.82) is 0 Å². The van der Waals surface area contributed by atoms with Crippen LogP contribution < -0.4 is 0 Å². The van der Waals surface area contributed by atoms with Gasteiger partial charge in [-0.3, -0.25) is 9.59 Å². The number of likely N-dealkylation sites (tertiary alicyclic amines) is 2. The number of alkyl halides is 3. The highest BCUT2D eigenvalue weighted by Crippen LogP contribution is 2.53. The van der Waals surface area contributed by atoms with Crippen molar-refractivity contribution in [2.75, 3.05) is 40.3 Å². The Hall–Kier alpha value is -2.62. The minimum absolute atomic E-state index is 0.125. The number of aliphatic hydroxyl groups is 1. The van der Waals surface area contributed by atoms with Gasteiger partial charge in [0.2, 0.25) is 0 Å². The molecule has 2 heterocycles. The second-order valence-corrected chi connectivity index (χ2v) is 12.0. The highest BCUT2D eigenvalue weighted by molar-refractivity contribution is 6.33. The minimum atomic E-state index is -5.12. The molecule has 3 fully saturated rings. The smallest absolute Gasteiger partial charge is 0.369 e. The fourth-order valence-electron chi connectivity index (χ4n) is 6.48. The number of amides is 2. The third-order valence-electron chi connectivity index (χ3n) is 8.74. The summed E-state index contributed by atoms with van der Waals surface area (Å²) < 4.78 is 41.7. The maximum absolute atomic E-state index is 13.9. The standard InChI is InChI=1S/C29H33ClF3N3O3/c1-34(2)25(37)23-9-8-20(14-24(23)30)19-10-12-35(13-11-19)22-15-27(16-22)17-36(18-27)26(38)28(39,29(31,32)33)21-6-4-3-5-7-21/h3-9,14,19,22,39H,10-13,15-18H2,1-2H3. The van der Waals surface area contributed by atoms with Gasteiger partial charge >= 0.3 is 6.18 Å². The molecule has 5 rings (SSSR count). The number of rotatable bonds is 5. The largest absolute Gasteiger partial charge is 0.430 e. The van der Waals surface area contributed by atoms with Gasteiger partial charge in [0.15, 0.2) is 0 Å². The van der Waals surface area contributed by atoms with Crippen LogP contribution in [0.1, 0.15) is 53.1 Å². The van der Waals surface area contributed by atoms with Crippen molar-refractivity contribution in [3.8, 4) is 0 Å². The molecule has 1 saturated carbocycles. The zero-order valence-electron chi connectivity index (χ0n) is 22.0. The third kappa shape index (κ3) is 4.93. The molecule has 1 unspecified atom stereocenters. The van der Waals surface area contributed by atoms with Crippen LogP contribution in [0.4, 0.5) is 13.2 Å². The lowest BCUT2D eigenvalue weighted by atomic mass is 9.59. The van der Waals surface area contributed by atoms with Crippen LogP contribution in [0.25, 0.3) is 0 Å². The molecule has 10 heteroatoms. The van der Waals surface area contributed by atoms with E-state index in [9.17, 15) is 27.9 Å². The topological polar surface area (TPSA) is 64.1 Å². The van der Waals surface area contributed by atoms with Gasteiger partial charge in [-0.25, -0.2) is 0 Å². The van der Waals surface area contributed by atoms with Crippen molar-refractivity contribution in [2.24, 2.45) is 5.41 Å². The summed E-state index contributed by atoms with van der Waals surface area (Å²) in [6.07, 6.45) is -1.52. The van der Waals surface area contributed by atoms with Crippen LogP contribution in [-0.4, -0.2) is 84.1 Å². The van der Waals surface area contributed by atoms with E-state index in [0.29, 0.717) is 22.5 Å². The first-order valence-electron chi connectivity index (χ1n) is 13.2. The first-order valence-corrected chi connectivity index (χ1v) is 13.6. The van der Waals surface area contributed by atoms with Gasteiger partial charge < -0.3 is 19.8 Å². The normalized spacial score (nSPS) is 21.7. The Bertz CT molecular complexity index is 1230. The molecule has 2 aromatic carbocycles. The van der Waals surface area contributed by atoms with Crippen LogP contribution in [0.2, 0.25) is 5.02 Å². The summed E-state index contributed by atoms with van der Waals surface area (Å²) in [4.78, 5) is 30.3. The molecule has 2 aromatic rings. The van der Waals surface area contributed by atoms with Crippen molar-refractivity contribution >= 4 is 23.4 Å². The molecule has 210 valence electrons. The highest BCUT2D eigenvalue weighted by Gasteiger charge is 2.65. The van der Waals surface area contributed by atoms with Gasteiger partial charge in [0, 0.05) is 44.2 Å². The summed E-state index contributed by atoms with van der Waals surface area (Å²) in [5.41, 5.74) is -2.54. The lowest BCUT2D eigenvalue weighted by Gasteiger charge is -2.62. The van der Waals surface area contributed by atoms with E-state index in [0.717, 1.165) is 61.4 Å². The molecule has 0 aromatic heterocycles. The van der Waals surface area contributed by atoms with Gasteiger partial charge in [-0.1, -0.05) is 48.0 Å². The van der Waals surface area contributed by atoms with Crippen LogP contribution in [0.15, 0.2) is 48.5 Å². The molecule has 2 saturated heterocycles. The molecule has 1 atom stereocenters. The second kappa shape index (κ2) is 10.1. The van der Waals surface area contributed by atoms with Crippen LogP contribution >= 0.6 is 11.6 Å². The molecule has 1 spiro atoms. The van der Waals surface area contributed by atoms with Crippen molar-refractivity contribution in [2.45, 2.75) is 49.4 Å². The van der Waals surface area contributed by atoms with E-state index in [1.807, 2.05) is 12.1 Å². The molecule has 3 aliphatic rings. The van der Waals surface area contributed by atoms with Crippen molar-refractivity contribution in [3.05, 3.63) is 70.2 Å². The van der Waals surface area contributed by atoms with Crippen LogP contribution in [-0.2, 0) is 10.4 Å². The molecule has 0 bridgehead atoms. The molecule has 6 nitrogen and oxygen atoms in total. The first kappa shape index (κ1) is 27.9. The van der Waals surface area contributed by atoms with Gasteiger partial charge in [0.1, 0.15) is 0 Å². The van der Waals surface area contributed by atoms with E-state index in [4.69, 9.17) is 11.6 Å². The van der Waals surface area contributed by atoms with E-state index in [1.54, 1.807) is 26.2 Å². The fourth-order valence-corrected chi connectivity index (χ4v) is 6.75. The quantitative estimate of drug-likeness (QED) is 0.575. The van der Waals surface area contributed by atoms with Gasteiger partial charge in [-0.05, 0) is 62.4 Å². The summed E-state index contributed by atoms with van der Waals surface area (Å²) >= 11 is 6.41. The number of nitrogens with zero attached hydrogens (tertiary/aromatic N) is 3. The van der Waals surface area contributed by atoms with Crippen molar-refractivity contribution < 1.29 is 27.9 Å². The number of halogens is 4. The SMILES string of the molecule is CN(C)C(=O)c1ccc(C2CCN(C3CC4(C3)CN(C(=O)C(O)(c3ccccc3)C(F)(F)F)C4)CC2)cc1Cl. The van der Waals surface area contributed by atoms with Crippen LogP contribution in [0, 0.1) is 5.41 Å². The summed E-state index contributed by atoms with van der Waals surface area (Å²) in [6, 6.07) is 12.6. The predicted molar refractivity (Wildman–Crippen MR) is 141 cm³/mol. The van der Waals surface area contributed by atoms with Crippen LogP contribution in [0.3, 0.4) is 0 Å². The Morgan fingerprint density at radius 3 is 2.18 bits per heavy atom. The van der Waals surface area contributed by atoms with Crippen molar-refractivity contribution in [3.63, 3.8) is 0 Å². The molecule has 39 heavy (non-hydrogen) atoms. The monoisotopic (exact) mass is 563 g/mol. The summed E-state index contributed by atoms with van der Waals surface area (Å²) in [6.45, 7) is 2.29. The maximum Gasteiger partial charge on any atom is 0.430 e. The Labute approximate surface area is 231 Å². The molecule has 1 aliphatic carbocycles. The number of carbonyl (C=O) groups excluding carboxylic acids is 2. The fraction of sp³-hybridized carbons (Fsp3) is 0.517. The number of piperidine rings is 1.